The zero-order chi connectivity index (χ0) is 19.4. The molecular weight excluding hydrogens is 366 g/mol. The molecule has 0 heterocycles. The lowest BCUT2D eigenvalue weighted by molar-refractivity contribution is -0.138. The summed E-state index contributed by atoms with van der Waals surface area (Å²) in [6.45, 7) is 0. The number of hydrogen-bond donors (Lipinski definition) is 2. The van der Waals surface area contributed by atoms with Gasteiger partial charge in [-0.25, -0.2) is 13.1 Å². The number of rotatable bonds is 7. The van der Waals surface area contributed by atoms with Gasteiger partial charge in [0.15, 0.2) is 0 Å². The van der Waals surface area contributed by atoms with Gasteiger partial charge < -0.3 is 9.90 Å². The van der Waals surface area contributed by atoms with Crippen LogP contribution in [0.3, 0.4) is 0 Å². The maximum Gasteiger partial charge on any atom is 0.305 e. The Bertz CT molecular complexity index is 1100. The molecule has 3 aromatic rings. The van der Waals surface area contributed by atoms with Gasteiger partial charge >= 0.3 is 5.97 Å². The third kappa shape index (κ3) is 4.05. The zero-order valence-electron chi connectivity index (χ0n) is 14.2. The van der Waals surface area contributed by atoms with Crippen molar-refractivity contribution >= 4 is 33.1 Å². The van der Waals surface area contributed by atoms with E-state index in [-0.39, 0.29) is 11.2 Å². The highest BCUT2D eigenvalue weighted by Crippen LogP contribution is 2.33. The summed E-state index contributed by atoms with van der Waals surface area (Å²) in [6, 6.07) is 18.3. The summed E-state index contributed by atoms with van der Waals surface area (Å²) in [7, 11) is -4.11. The minimum atomic E-state index is -4.11. The Hall–Kier alpha value is -3.03. The van der Waals surface area contributed by atoms with E-state index in [2.05, 4.69) is 4.72 Å². The van der Waals surface area contributed by atoms with Gasteiger partial charge in [-0.15, -0.1) is 0 Å². The molecule has 0 bridgehead atoms. The molecule has 0 saturated carbocycles. The molecule has 0 radical (unpaired) electrons. The molecule has 3 aromatic carbocycles. The van der Waals surface area contributed by atoms with Crippen molar-refractivity contribution in [3.8, 4) is 11.1 Å². The second-order valence-electron chi connectivity index (χ2n) is 5.98. The highest BCUT2D eigenvalue weighted by molar-refractivity contribution is 7.89. The summed E-state index contributed by atoms with van der Waals surface area (Å²) in [5, 5.41) is 10.7. The Labute approximate surface area is 156 Å². The first-order chi connectivity index (χ1) is 12.9. The predicted octanol–water partition coefficient (Wildman–Crippen LogP) is 2.83. The van der Waals surface area contributed by atoms with E-state index in [4.69, 9.17) is 5.11 Å². The molecule has 0 amide bonds. The van der Waals surface area contributed by atoms with Crippen LogP contribution < -0.4 is 4.72 Å². The second kappa shape index (κ2) is 7.69. The number of aliphatic carboxylic acids is 1. The Morgan fingerprint density at radius 2 is 1.59 bits per heavy atom. The van der Waals surface area contributed by atoms with E-state index in [1.807, 2.05) is 42.5 Å². The van der Waals surface area contributed by atoms with E-state index in [1.54, 1.807) is 18.2 Å². The third-order valence-corrected chi connectivity index (χ3v) is 5.67. The molecule has 3 rings (SSSR count). The fourth-order valence-electron chi connectivity index (χ4n) is 2.95. The fourth-order valence-corrected chi connectivity index (χ4v) is 4.34. The Balaban J connectivity index is 2.11. The Morgan fingerprint density at radius 3 is 2.33 bits per heavy atom. The van der Waals surface area contributed by atoms with Gasteiger partial charge in [-0.2, -0.15) is 0 Å². The maximum absolute atomic E-state index is 12.9. The third-order valence-electron chi connectivity index (χ3n) is 4.12. The average Bonchev–Trinajstić information content (AvgIpc) is 2.66. The molecule has 0 fully saturated rings. The van der Waals surface area contributed by atoms with Crippen LogP contribution in [0.5, 0.6) is 0 Å². The lowest BCUT2D eigenvalue weighted by Crippen LogP contribution is -2.37. The molecule has 0 aliphatic rings. The van der Waals surface area contributed by atoms with Gasteiger partial charge in [0.1, 0.15) is 6.29 Å². The van der Waals surface area contributed by atoms with Crippen LogP contribution in [0.2, 0.25) is 0 Å². The number of fused-ring (bicyclic) bond motifs is 1. The second-order valence-corrected chi connectivity index (χ2v) is 7.67. The number of hydrogen-bond acceptors (Lipinski definition) is 4. The van der Waals surface area contributed by atoms with Crippen LogP contribution in [0, 0.1) is 0 Å². The number of carbonyl (C=O) groups excluding carboxylic acids is 1. The summed E-state index contributed by atoms with van der Waals surface area (Å²) in [5.41, 5.74) is 1.21. The molecule has 6 nitrogen and oxygen atoms in total. The summed E-state index contributed by atoms with van der Waals surface area (Å²) in [4.78, 5) is 21.9. The van der Waals surface area contributed by atoms with Crippen LogP contribution in [0.15, 0.2) is 71.6 Å². The SMILES string of the molecule is O=CC(CC(=O)O)NS(=O)(=O)c1ccccc1-c1cccc2ccccc12. The average molecular weight is 383 g/mol. The number of carboxylic acid groups (broad SMARTS) is 1. The maximum atomic E-state index is 12.9. The van der Waals surface area contributed by atoms with Crippen LogP contribution in [0.4, 0.5) is 0 Å². The molecule has 0 aromatic heterocycles. The number of aldehydes is 1. The molecule has 0 aliphatic heterocycles. The Morgan fingerprint density at radius 1 is 0.963 bits per heavy atom. The standard InChI is InChI=1S/C20H17NO5S/c22-13-15(12-20(23)24)21-27(25,26)19-11-4-3-9-18(19)17-10-5-7-14-6-1-2-8-16(14)17/h1-11,13,15,21H,12H2,(H,23,24). The van der Waals surface area contributed by atoms with Gasteiger partial charge in [-0.1, -0.05) is 60.7 Å². The monoisotopic (exact) mass is 383 g/mol. The van der Waals surface area contributed by atoms with Crippen molar-refractivity contribution in [2.75, 3.05) is 0 Å². The molecular formula is C20H17NO5S. The molecule has 1 unspecified atom stereocenters. The summed E-state index contributed by atoms with van der Waals surface area (Å²) in [6.07, 6.45) is -0.342. The molecule has 7 heteroatoms. The predicted molar refractivity (Wildman–Crippen MR) is 102 cm³/mol. The number of benzene rings is 3. The quantitative estimate of drug-likeness (QED) is 0.611. The van der Waals surface area contributed by atoms with Gasteiger partial charge in [-0.3, -0.25) is 4.79 Å². The molecule has 0 saturated heterocycles. The van der Waals surface area contributed by atoms with Crippen LogP contribution in [0.1, 0.15) is 6.42 Å². The summed E-state index contributed by atoms with van der Waals surface area (Å²) >= 11 is 0. The van der Waals surface area contributed by atoms with Crippen molar-refractivity contribution in [3.63, 3.8) is 0 Å². The number of carboxylic acids is 1. The van der Waals surface area contributed by atoms with E-state index >= 15 is 0 Å². The van der Waals surface area contributed by atoms with Crippen LogP contribution >= 0.6 is 0 Å². The van der Waals surface area contributed by atoms with Crippen LogP contribution in [-0.2, 0) is 19.6 Å². The smallest absolute Gasteiger partial charge is 0.305 e. The highest BCUT2D eigenvalue weighted by Gasteiger charge is 2.24. The molecule has 2 N–H and O–H groups in total. The van der Waals surface area contributed by atoms with Crippen molar-refractivity contribution in [2.45, 2.75) is 17.4 Å². The number of sulfonamides is 1. The summed E-state index contributed by atoms with van der Waals surface area (Å²) in [5.74, 6) is -1.27. The molecule has 27 heavy (non-hydrogen) atoms. The van der Waals surface area contributed by atoms with E-state index in [0.29, 0.717) is 5.56 Å². The van der Waals surface area contributed by atoms with Gasteiger partial charge in [-0.05, 0) is 22.4 Å². The zero-order valence-corrected chi connectivity index (χ0v) is 15.0. The minimum absolute atomic E-state index is 0.0152. The molecule has 0 spiro atoms. The lowest BCUT2D eigenvalue weighted by atomic mass is 9.98. The highest BCUT2D eigenvalue weighted by atomic mass is 32.2. The van der Waals surface area contributed by atoms with Crippen molar-refractivity contribution in [2.24, 2.45) is 0 Å². The van der Waals surface area contributed by atoms with Crippen molar-refractivity contribution in [1.29, 1.82) is 0 Å². The first kappa shape index (κ1) is 18.8. The van der Waals surface area contributed by atoms with Crippen molar-refractivity contribution in [3.05, 3.63) is 66.7 Å². The number of carbonyl (C=O) groups is 2. The Kier molecular flexibility index (Phi) is 5.34. The number of nitrogens with one attached hydrogen (secondary N) is 1. The van der Waals surface area contributed by atoms with Crippen molar-refractivity contribution in [1.82, 2.24) is 4.72 Å². The largest absolute Gasteiger partial charge is 0.481 e. The van der Waals surface area contributed by atoms with Gasteiger partial charge in [0.25, 0.3) is 0 Å². The molecule has 138 valence electrons. The van der Waals surface area contributed by atoms with E-state index in [0.717, 1.165) is 16.3 Å². The van der Waals surface area contributed by atoms with Crippen LogP contribution in [0.25, 0.3) is 21.9 Å². The molecule has 0 aliphatic carbocycles. The normalized spacial score (nSPS) is 12.6. The van der Waals surface area contributed by atoms with Gasteiger partial charge in [0, 0.05) is 5.56 Å². The summed E-state index contributed by atoms with van der Waals surface area (Å²) < 4.78 is 27.9. The topological polar surface area (TPSA) is 101 Å². The first-order valence-electron chi connectivity index (χ1n) is 8.19. The lowest BCUT2D eigenvalue weighted by Gasteiger charge is -2.15. The van der Waals surface area contributed by atoms with Gasteiger partial charge in [0.2, 0.25) is 10.0 Å². The fraction of sp³-hybridized carbons (Fsp3) is 0.100. The van der Waals surface area contributed by atoms with Crippen molar-refractivity contribution < 1.29 is 23.1 Å². The first-order valence-corrected chi connectivity index (χ1v) is 9.67. The van der Waals surface area contributed by atoms with Gasteiger partial charge in [0.05, 0.1) is 17.4 Å². The molecule has 1 atom stereocenters. The minimum Gasteiger partial charge on any atom is -0.481 e. The van der Waals surface area contributed by atoms with E-state index < -0.39 is 28.5 Å². The van der Waals surface area contributed by atoms with Crippen LogP contribution in [-0.4, -0.2) is 31.8 Å². The van der Waals surface area contributed by atoms with E-state index in [1.165, 1.54) is 6.07 Å². The van der Waals surface area contributed by atoms with E-state index in [9.17, 15) is 18.0 Å².